The minimum Gasteiger partial charge on any atom is -0.368 e. The lowest BCUT2D eigenvalue weighted by Crippen LogP contribution is -2.04. The topological polar surface area (TPSA) is 90.7 Å². The monoisotopic (exact) mass is 135 g/mol. The number of nitrogen functional groups attached to an aromatic ring is 2. The molecule has 1 heterocycles. The molecule has 0 saturated carbocycles. The Morgan fingerprint density at radius 3 is 2.00 bits per heavy atom. The number of rotatable bonds is 0. The fourth-order valence-corrected chi connectivity index (χ4v) is 0.474. The molecule has 1 aromatic rings. The minimum atomic E-state index is 0.0421. The van der Waals surface area contributed by atoms with Crippen LogP contribution in [0.3, 0.4) is 0 Å². The first-order valence-corrected chi connectivity index (χ1v) is 2.46. The molecule has 0 bridgehead atoms. The van der Waals surface area contributed by atoms with Crippen molar-refractivity contribution in [3.8, 4) is 12.3 Å². The van der Waals surface area contributed by atoms with E-state index in [2.05, 4.69) is 20.9 Å². The number of hydrogen-bond donors (Lipinski definition) is 2. The quantitative estimate of drug-likeness (QED) is 0.446. The SMILES string of the molecule is C#Cc1nc(N)nc(N)n1. The molecule has 50 valence electrons. The average molecular weight is 135 g/mol. The fraction of sp³-hybridized carbons (Fsp3) is 0. The predicted octanol–water partition coefficient (Wildman–Crippen LogP) is -0.983. The molecule has 0 fully saturated rings. The van der Waals surface area contributed by atoms with Crippen molar-refractivity contribution in [1.29, 1.82) is 0 Å². The molecule has 0 aromatic carbocycles. The summed E-state index contributed by atoms with van der Waals surface area (Å²) in [6.07, 6.45) is 4.97. The molecule has 4 N–H and O–H groups in total. The van der Waals surface area contributed by atoms with Crippen LogP contribution in [0.5, 0.6) is 0 Å². The van der Waals surface area contributed by atoms with Crippen LogP contribution in [-0.4, -0.2) is 15.0 Å². The van der Waals surface area contributed by atoms with Gasteiger partial charge < -0.3 is 11.5 Å². The summed E-state index contributed by atoms with van der Waals surface area (Å²) < 4.78 is 0. The number of nitrogens with two attached hydrogens (primary N) is 2. The second-order valence-corrected chi connectivity index (χ2v) is 1.52. The van der Waals surface area contributed by atoms with Crippen LogP contribution >= 0.6 is 0 Å². The molecular formula is C5H5N5. The molecule has 0 radical (unpaired) electrons. The second kappa shape index (κ2) is 2.19. The van der Waals surface area contributed by atoms with E-state index in [1.165, 1.54) is 0 Å². The van der Waals surface area contributed by atoms with Crippen LogP contribution in [0.2, 0.25) is 0 Å². The Hall–Kier alpha value is -1.83. The third-order valence-electron chi connectivity index (χ3n) is 0.799. The summed E-state index contributed by atoms with van der Waals surface area (Å²) in [5.74, 6) is 2.43. The van der Waals surface area contributed by atoms with Crippen molar-refractivity contribution in [3.05, 3.63) is 5.82 Å². The Morgan fingerprint density at radius 1 is 1.10 bits per heavy atom. The molecule has 0 aliphatic rings. The molecule has 0 saturated heterocycles. The summed E-state index contributed by atoms with van der Waals surface area (Å²) in [6.45, 7) is 0. The third-order valence-corrected chi connectivity index (χ3v) is 0.799. The van der Waals surface area contributed by atoms with E-state index in [-0.39, 0.29) is 17.7 Å². The van der Waals surface area contributed by atoms with E-state index in [0.717, 1.165) is 0 Å². The van der Waals surface area contributed by atoms with Crippen LogP contribution < -0.4 is 11.5 Å². The first-order chi connectivity index (χ1) is 4.72. The molecule has 0 spiro atoms. The molecule has 0 aliphatic heterocycles. The van der Waals surface area contributed by atoms with Crippen molar-refractivity contribution >= 4 is 11.9 Å². The first-order valence-electron chi connectivity index (χ1n) is 2.46. The van der Waals surface area contributed by atoms with Crippen LogP contribution in [0.1, 0.15) is 5.82 Å². The lowest BCUT2D eigenvalue weighted by atomic mass is 10.6. The molecule has 5 heteroatoms. The number of hydrogen-bond acceptors (Lipinski definition) is 5. The number of aromatic nitrogens is 3. The Bertz CT molecular complexity index is 266. The van der Waals surface area contributed by atoms with Gasteiger partial charge >= 0.3 is 0 Å². The Balaban J connectivity index is 3.22. The largest absolute Gasteiger partial charge is 0.368 e. The predicted molar refractivity (Wildman–Crippen MR) is 36.6 cm³/mol. The van der Waals surface area contributed by atoms with Gasteiger partial charge in [-0.3, -0.25) is 0 Å². The summed E-state index contributed by atoms with van der Waals surface area (Å²) in [5.41, 5.74) is 10.4. The third kappa shape index (κ3) is 1.11. The van der Waals surface area contributed by atoms with E-state index >= 15 is 0 Å². The van der Waals surface area contributed by atoms with E-state index < -0.39 is 0 Å². The van der Waals surface area contributed by atoms with Crippen LogP contribution in [0.4, 0.5) is 11.9 Å². The van der Waals surface area contributed by atoms with Crippen molar-refractivity contribution in [2.24, 2.45) is 0 Å². The summed E-state index contributed by atoms with van der Waals surface area (Å²) in [6, 6.07) is 0. The zero-order valence-electron chi connectivity index (χ0n) is 5.07. The summed E-state index contributed by atoms with van der Waals surface area (Å²) in [5, 5.41) is 0. The van der Waals surface area contributed by atoms with Gasteiger partial charge in [-0.05, 0) is 5.92 Å². The van der Waals surface area contributed by atoms with Gasteiger partial charge in [0.15, 0.2) is 0 Å². The highest BCUT2D eigenvalue weighted by atomic mass is 15.1. The molecule has 1 aromatic heterocycles. The molecule has 5 nitrogen and oxygen atoms in total. The van der Waals surface area contributed by atoms with E-state index in [0.29, 0.717) is 0 Å². The van der Waals surface area contributed by atoms with Crippen molar-refractivity contribution in [1.82, 2.24) is 15.0 Å². The van der Waals surface area contributed by atoms with Gasteiger partial charge in [0.2, 0.25) is 17.7 Å². The highest BCUT2D eigenvalue weighted by Gasteiger charge is 1.95. The highest BCUT2D eigenvalue weighted by Crippen LogP contribution is 1.95. The smallest absolute Gasteiger partial charge is 0.225 e. The van der Waals surface area contributed by atoms with Gasteiger partial charge in [0, 0.05) is 0 Å². The van der Waals surface area contributed by atoms with Gasteiger partial charge in [0.1, 0.15) is 0 Å². The Labute approximate surface area is 57.5 Å². The van der Waals surface area contributed by atoms with Crippen LogP contribution in [0.15, 0.2) is 0 Å². The van der Waals surface area contributed by atoms with Gasteiger partial charge in [0.05, 0.1) is 0 Å². The summed E-state index contributed by atoms with van der Waals surface area (Å²) in [7, 11) is 0. The molecule has 0 atom stereocenters. The maximum Gasteiger partial charge on any atom is 0.225 e. The molecule has 10 heavy (non-hydrogen) atoms. The number of nitrogens with zero attached hydrogens (tertiary/aromatic N) is 3. The van der Waals surface area contributed by atoms with Crippen molar-refractivity contribution in [3.63, 3.8) is 0 Å². The van der Waals surface area contributed by atoms with E-state index in [1.54, 1.807) is 0 Å². The Morgan fingerprint density at radius 2 is 1.60 bits per heavy atom. The second-order valence-electron chi connectivity index (χ2n) is 1.52. The number of anilines is 2. The lowest BCUT2D eigenvalue weighted by Gasteiger charge is -1.93. The first kappa shape index (κ1) is 6.29. The van der Waals surface area contributed by atoms with Gasteiger partial charge in [-0.15, -0.1) is 6.42 Å². The van der Waals surface area contributed by atoms with Gasteiger partial charge in [-0.1, -0.05) is 0 Å². The number of terminal acetylenes is 1. The summed E-state index contributed by atoms with van der Waals surface area (Å²) >= 11 is 0. The molecular weight excluding hydrogens is 130 g/mol. The minimum absolute atomic E-state index is 0.0421. The van der Waals surface area contributed by atoms with E-state index in [9.17, 15) is 0 Å². The van der Waals surface area contributed by atoms with Gasteiger partial charge in [0.25, 0.3) is 0 Å². The van der Waals surface area contributed by atoms with Crippen molar-refractivity contribution in [2.45, 2.75) is 0 Å². The summed E-state index contributed by atoms with van der Waals surface area (Å²) in [4.78, 5) is 10.7. The van der Waals surface area contributed by atoms with Crippen LogP contribution in [0, 0.1) is 12.3 Å². The van der Waals surface area contributed by atoms with Crippen LogP contribution in [-0.2, 0) is 0 Å². The Kier molecular flexibility index (Phi) is 1.38. The lowest BCUT2D eigenvalue weighted by molar-refractivity contribution is 1.05. The zero-order valence-corrected chi connectivity index (χ0v) is 5.07. The molecule has 1 rings (SSSR count). The zero-order chi connectivity index (χ0) is 7.56. The van der Waals surface area contributed by atoms with Crippen molar-refractivity contribution < 1.29 is 0 Å². The standard InChI is InChI=1S/C5H5N5/c1-2-3-8-4(6)10-5(7)9-3/h1H,(H4,6,7,8,9,10). The molecule has 0 unspecified atom stereocenters. The fourth-order valence-electron chi connectivity index (χ4n) is 0.474. The highest BCUT2D eigenvalue weighted by molar-refractivity contribution is 5.30. The van der Waals surface area contributed by atoms with E-state index in [1.807, 2.05) is 0 Å². The molecule has 0 amide bonds. The normalized spacial score (nSPS) is 8.70. The maximum atomic E-state index is 5.20. The van der Waals surface area contributed by atoms with Gasteiger partial charge in [-0.25, -0.2) is 0 Å². The van der Waals surface area contributed by atoms with Crippen LogP contribution in [0.25, 0.3) is 0 Å². The van der Waals surface area contributed by atoms with Gasteiger partial charge in [-0.2, -0.15) is 15.0 Å². The maximum absolute atomic E-state index is 5.20. The van der Waals surface area contributed by atoms with E-state index in [4.69, 9.17) is 17.9 Å². The molecule has 0 aliphatic carbocycles. The van der Waals surface area contributed by atoms with Crippen molar-refractivity contribution in [2.75, 3.05) is 11.5 Å². The average Bonchev–Trinajstić information content (AvgIpc) is 1.85.